The van der Waals surface area contributed by atoms with Crippen molar-refractivity contribution in [3.8, 4) is 0 Å². The van der Waals surface area contributed by atoms with Crippen molar-refractivity contribution >= 4 is 39.5 Å². The lowest BCUT2D eigenvalue weighted by Gasteiger charge is -2.21. The van der Waals surface area contributed by atoms with Crippen LogP contribution in [0.25, 0.3) is 0 Å². The number of esters is 4. The molecule has 0 aromatic heterocycles. The molecule has 0 aliphatic carbocycles. The van der Waals surface area contributed by atoms with Crippen LogP contribution in [-0.2, 0) is 65.4 Å². The third kappa shape index (κ3) is 70.5. The van der Waals surface area contributed by atoms with Gasteiger partial charge in [-0.3, -0.25) is 37.3 Å². The summed E-state index contributed by atoms with van der Waals surface area (Å²) in [7, 11) is -9.91. The Morgan fingerprint density at radius 3 is 0.708 bits per heavy atom. The lowest BCUT2D eigenvalue weighted by molar-refractivity contribution is -0.161. The zero-order valence-electron chi connectivity index (χ0n) is 62.7. The van der Waals surface area contributed by atoms with E-state index < -0.39 is 97.5 Å². The van der Waals surface area contributed by atoms with Crippen molar-refractivity contribution in [3.05, 3.63) is 0 Å². The summed E-state index contributed by atoms with van der Waals surface area (Å²) in [6, 6.07) is 0. The first-order valence-electron chi connectivity index (χ1n) is 40.0. The van der Waals surface area contributed by atoms with Gasteiger partial charge in [-0.1, -0.05) is 350 Å². The van der Waals surface area contributed by atoms with E-state index in [-0.39, 0.29) is 25.7 Å². The molecular weight excluding hydrogens is 1260 g/mol. The lowest BCUT2D eigenvalue weighted by atomic mass is 10.0. The van der Waals surface area contributed by atoms with Gasteiger partial charge >= 0.3 is 39.5 Å². The van der Waals surface area contributed by atoms with Crippen LogP contribution in [0.1, 0.15) is 401 Å². The van der Waals surface area contributed by atoms with Crippen molar-refractivity contribution in [2.75, 3.05) is 39.6 Å². The molecule has 2 unspecified atom stereocenters. The molecule has 0 fully saturated rings. The average molecular weight is 1410 g/mol. The first-order valence-corrected chi connectivity index (χ1v) is 43.0. The van der Waals surface area contributed by atoms with Gasteiger partial charge in [-0.25, -0.2) is 9.13 Å². The minimum Gasteiger partial charge on any atom is -0.462 e. The van der Waals surface area contributed by atoms with E-state index in [4.69, 9.17) is 37.0 Å². The molecule has 19 heteroatoms. The molecule has 0 aliphatic rings. The molecule has 0 amide bonds. The molecule has 0 aromatic carbocycles. The third-order valence-electron chi connectivity index (χ3n) is 18.0. The number of ether oxygens (including phenoxy) is 4. The van der Waals surface area contributed by atoms with E-state index in [2.05, 4.69) is 41.5 Å². The van der Waals surface area contributed by atoms with Gasteiger partial charge in [-0.2, -0.15) is 0 Å². The Labute approximate surface area is 588 Å². The number of phosphoric ester groups is 2. The van der Waals surface area contributed by atoms with Crippen molar-refractivity contribution in [2.45, 2.75) is 419 Å². The molecular formula is C77H150O17P2. The van der Waals surface area contributed by atoms with Crippen LogP contribution < -0.4 is 0 Å². The monoisotopic (exact) mass is 1410 g/mol. The quantitative estimate of drug-likeness (QED) is 0.0222. The fourth-order valence-corrected chi connectivity index (χ4v) is 13.4. The standard InChI is InChI=1S/C77H150O17P2/c1-7-9-11-13-15-17-18-23-31-37-43-49-55-61-76(81)93-72(65-87-74(79)59-53-47-41-33-16-14-12-10-8-2)67-91-95(83,84)89-63-71(78)64-90-96(85,86)92-68-73(66-88-75(80)60-54-48-42-36-30-27-22-25-29-35-40-46-52-58-70(5)6)94-77(82)62-56-50-44-38-32-26-21-19-20-24-28-34-39-45-51-57-69(3)4/h69-73,78H,7-68H2,1-6H3,(H,83,84)(H,85,86)/t71-,72+,73+/m0/s1. The molecule has 0 rings (SSSR count). The predicted molar refractivity (Wildman–Crippen MR) is 391 cm³/mol. The zero-order valence-corrected chi connectivity index (χ0v) is 64.5. The van der Waals surface area contributed by atoms with E-state index >= 15 is 0 Å². The second-order valence-electron chi connectivity index (χ2n) is 28.7. The summed E-state index contributed by atoms with van der Waals surface area (Å²) in [6.45, 7) is 9.64. The Morgan fingerprint density at radius 1 is 0.281 bits per heavy atom. The van der Waals surface area contributed by atoms with E-state index in [0.717, 1.165) is 102 Å². The van der Waals surface area contributed by atoms with Gasteiger partial charge in [0.25, 0.3) is 0 Å². The SMILES string of the molecule is CCCCCCCCCCCCCCCC(=O)O[C@H](COC(=O)CCCCCCCCCCC)COP(=O)(O)OC[C@H](O)COP(=O)(O)OC[C@@H](COC(=O)CCCCCCCCCCCCCCCC(C)C)OC(=O)CCCCCCCCCCCCCCCCCC(C)C. The summed E-state index contributed by atoms with van der Waals surface area (Å²) in [4.78, 5) is 72.8. The van der Waals surface area contributed by atoms with E-state index in [9.17, 15) is 43.2 Å². The molecule has 0 bridgehead atoms. The first-order chi connectivity index (χ1) is 46.4. The fraction of sp³-hybridized carbons (Fsp3) is 0.948. The number of unbranched alkanes of at least 4 members (excludes halogenated alkanes) is 46. The summed E-state index contributed by atoms with van der Waals surface area (Å²) in [5, 5.41) is 10.6. The Bertz CT molecular complexity index is 1860. The van der Waals surface area contributed by atoms with E-state index in [1.807, 2.05) is 0 Å². The Balaban J connectivity index is 5.23. The van der Waals surface area contributed by atoms with Crippen LogP contribution in [0.2, 0.25) is 0 Å². The van der Waals surface area contributed by atoms with Crippen LogP contribution in [0.5, 0.6) is 0 Å². The average Bonchev–Trinajstić information content (AvgIpc) is 3.16. The van der Waals surface area contributed by atoms with Crippen LogP contribution in [-0.4, -0.2) is 96.7 Å². The number of carbonyl (C=O) groups is 4. The van der Waals surface area contributed by atoms with Crippen LogP contribution in [0.4, 0.5) is 0 Å². The predicted octanol–water partition coefficient (Wildman–Crippen LogP) is 22.7. The number of aliphatic hydroxyl groups is 1. The molecule has 0 aromatic rings. The van der Waals surface area contributed by atoms with Crippen molar-refractivity contribution < 1.29 is 80.2 Å². The molecule has 96 heavy (non-hydrogen) atoms. The number of aliphatic hydroxyl groups excluding tert-OH is 1. The second kappa shape index (κ2) is 68.8. The van der Waals surface area contributed by atoms with Crippen molar-refractivity contribution in [1.29, 1.82) is 0 Å². The molecule has 5 atom stereocenters. The maximum absolute atomic E-state index is 13.1. The summed E-state index contributed by atoms with van der Waals surface area (Å²) >= 11 is 0. The smallest absolute Gasteiger partial charge is 0.462 e. The highest BCUT2D eigenvalue weighted by Crippen LogP contribution is 2.45. The van der Waals surface area contributed by atoms with Gasteiger partial charge in [-0.05, 0) is 37.5 Å². The molecule has 0 saturated heterocycles. The fourth-order valence-electron chi connectivity index (χ4n) is 11.8. The van der Waals surface area contributed by atoms with Gasteiger partial charge < -0.3 is 33.8 Å². The first kappa shape index (κ1) is 94.1. The van der Waals surface area contributed by atoms with Crippen LogP contribution in [0.3, 0.4) is 0 Å². The maximum atomic E-state index is 13.1. The third-order valence-corrected chi connectivity index (χ3v) is 19.9. The normalized spacial score (nSPS) is 14.0. The molecule has 0 aliphatic heterocycles. The Kier molecular flexibility index (Phi) is 67.4. The van der Waals surface area contributed by atoms with Gasteiger partial charge in [0, 0.05) is 25.7 Å². The number of hydrogen-bond acceptors (Lipinski definition) is 15. The molecule has 0 radical (unpaired) electrons. The summed E-state index contributed by atoms with van der Waals surface area (Å²) in [5.41, 5.74) is 0. The minimum atomic E-state index is -4.96. The van der Waals surface area contributed by atoms with E-state index in [1.54, 1.807) is 0 Å². The van der Waals surface area contributed by atoms with Crippen LogP contribution in [0.15, 0.2) is 0 Å². The van der Waals surface area contributed by atoms with Crippen molar-refractivity contribution in [1.82, 2.24) is 0 Å². The van der Waals surface area contributed by atoms with E-state index in [1.165, 1.54) is 218 Å². The Hall–Kier alpha value is -1.94. The number of rotatable bonds is 76. The molecule has 17 nitrogen and oxygen atoms in total. The van der Waals surface area contributed by atoms with Gasteiger partial charge in [0.05, 0.1) is 26.4 Å². The van der Waals surface area contributed by atoms with E-state index in [0.29, 0.717) is 25.7 Å². The highest BCUT2D eigenvalue weighted by Gasteiger charge is 2.30. The highest BCUT2D eigenvalue weighted by atomic mass is 31.2. The topological polar surface area (TPSA) is 237 Å². The van der Waals surface area contributed by atoms with Gasteiger partial charge in [0.1, 0.15) is 19.3 Å². The van der Waals surface area contributed by atoms with Crippen LogP contribution >= 0.6 is 15.6 Å². The molecule has 570 valence electrons. The molecule has 0 spiro atoms. The van der Waals surface area contributed by atoms with Crippen molar-refractivity contribution in [2.24, 2.45) is 11.8 Å². The molecule has 3 N–H and O–H groups in total. The zero-order chi connectivity index (χ0) is 70.7. The second-order valence-corrected chi connectivity index (χ2v) is 31.6. The van der Waals surface area contributed by atoms with Crippen LogP contribution in [0, 0.1) is 11.8 Å². The van der Waals surface area contributed by atoms with Gasteiger partial charge in [0.15, 0.2) is 12.2 Å². The maximum Gasteiger partial charge on any atom is 0.472 e. The Morgan fingerprint density at radius 2 is 0.479 bits per heavy atom. The summed E-state index contributed by atoms with van der Waals surface area (Å²) < 4.78 is 68.5. The van der Waals surface area contributed by atoms with Gasteiger partial charge in [-0.15, -0.1) is 0 Å². The van der Waals surface area contributed by atoms with Gasteiger partial charge in [0.2, 0.25) is 0 Å². The largest absolute Gasteiger partial charge is 0.472 e. The number of carbonyl (C=O) groups excluding carboxylic acids is 4. The number of phosphoric acid groups is 2. The van der Waals surface area contributed by atoms with Crippen molar-refractivity contribution in [3.63, 3.8) is 0 Å². The molecule has 0 heterocycles. The summed E-state index contributed by atoms with van der Waals surface area (Å²) in [6.07, 6.45) is 56.8. The lowest BCUT2D eigenvalue weighted by Crippen LogP contribution is -2.30. The minimum absolute atomic E-state index is 0.108. The highest BCUT2D eigenvalue weighted by molar-refractivity contribution is 7.47. The summed E-state index contributed by atoms with van der Waals surface area (Å²) in [5.74, 6) is -0.520. The molecule has 0 saturated carbocycles. The number of hydrogen-bond donors (Lipinski definition) is 3.